The third-order valence-corrected chi connectivity index (χ3v) is 3.87. The Kier molecular flexibility index (Phi) is 6.94. The van der Waals surface area contributed by atoms with Crippen LogP contribution in [-0.4, -0.2) is 33.2 Å². The highest BCUT2D eigenvalue weighted by atomic mass is 35.5. The normalized spacial score (nSPS) is 11.9. The Morgan fingerprint density at radius 3 is 2.68 bits per heavy atom. The summed E-state index contributed by atoms with van der Waals surface area (Å²) in [5.74, 6) is -0.640. The molecule has 0 saturated heterocycles. The van der Waals surface area contributed by atoms with E-state index in [1.807, 2.05) is 6.92 Å². The number of aryl methyl sites for hydroxylation is 1. The molecule has 0 aliphatic rings. The summed E-state index contributed by atoms with van der Waals surface area (Å²) in [6, 6.07) is 6.13. The molecule has 1 aromatic carbocycles. The number of carboxylic acid groups (broad SMARTS) is 1. The van der Waals surface area contributed by atoms with E-state index in [1.54, 1.807) is 24.3 Å². The highest BCUT2D eigenvalue weighted by Gasteiger charge is 2.19. The standard InChI is InChI=1S/C17H20ClN3O4/c1-2-3-4-13(17(23)24)19-14(22)9-10-15-20-16(21-25-15)11-5-7-12(18)8-6-11/h5-8,13H,2-4,9-10H2,1H3,(H,19,22)(H,23,24)/t13-/m0/s1. The molecule has 8 heteroatoms. The van der Waals surface area contributed by atoms with Crippen LogP contribution in [0, 0.1) is 0 Å². The number of aromatic nitrogens is 2. The molecule has 0 spiro atoms. The SMILES string of the molecule is CCCC[C@H](NC(=O)CCc1nc(-c2ccc(Cl)cc2)no1)C(=O)O. The number of carbonyl (C=O) groups excluding carboxylic acids is 1. The molecule has 1 amide bonds. The molecule has 1 atom stereocenters. The first-order valence-corrected chi connectivity index (χ1v) is 8.48. The first-order chi connectivity index (χ1) is 12.0. The molecule has 1 aromatic heterocycles. The molecular formula is C17H20ClN3O4. The predicted molar refractivity (Wildman–Crippen MR) is 92.2 cm³/mol. The lowest BCUT2D eigenvalue weighted by Crippen LogP contribution is -2.40. The monoisotopic (exact) mass is 365 g/mol. The van der Waals surface area contributed by atoms with Crippen molar-refractivity contribution in [2.45, 2.75) is 45.1 Å². The Hall–Kier alpha value is -2.41. The summed E-state index contributed by atoms with van der Waals surface area (Å²) in [4.78, 5) is 27.3. The summed E-state index contributed by atoms with van der Waals surface area (Å²) in [7, 11) is 0. The van der Waals surface area contributed by atoms with Gasteiger partial charge in [-0.25, -0.2) is 4.79 Å². The molecule has 0 aliphatic heterocycles. The van der Waals surface area contributed by atoms with E-state index in [1.165, 1.54) is 0 Å². The molecule has 0 radical (unpaired) electrons. The van der Waals surface area contributed by atoms with Gasteiger partial charge in [-0.2, -0.15) is 4.98 Å². The summed E-state index contributed by atoms with van der Waals surface area (Å²) >= 11 is 5.83. The van der Waals surface area contributed by atoms with Crippen LogP contribution >= 0.6 is 11.6 Å². The number of nitrogens with zero attached hydrogens (tertiary/aromatic N) is 2. The number of hydrogen-bond donors (Lipinski definition) is 2. The van der Waals surface area contributed by atoms with E-state index in [4.69, 9.17) is 21.2 Å². The molecule has 2 rings (SSSR count). The molecule has 0 bridgehead atoms. The maximum absolute atomic E-state index is 11.9. The van der Waals surface area contributed by atoms with Crippen molar-refractivity contribution in [2.24, 2.45) is 0 Å². The number of benzene rings is 1. The fourth-order valence-corrected chi connectivity index (χ4v) is 2.35. The van der Waals surface area contributed by atoms with Gasteiger partial charge in [0.05, 0.1) is 0 Å². The zero-order chi connectivity index (χ0) is 18.2. The molecule has 134 valence electrons. The fraction of sp³-hybridized carbons (Fsp3) is 0.412. The molecule has 1 heterocycles. The maximum atomic E-state index is 11.9. The number of carbonyl (C=O) groups is 2. The van der Waals surface area contributed by atoms with Crippen molar-refractivity contribution < 1.29 is 19.2 Å². The predicted octanol–water partition coefficient (Wildman–Crippen LogP) is 3.08. The summed E-state index contributed by atoms with van der Waals surface area (Å²) in [5, 5.41) is 16.1. The van der Waals surface area contributed by atoms with Crippen molar-refractivity contribution in [3.63, 3.8) is 0 Å². The molecule has 2 N–H and O–H groups in total. The van der Waals surface area contributed by atoms with E-state index >= 15 is 0 Å². The van der Waals surface area contributed by atoms with Crippen molar-refractivity contribution in [3.8, 4) is 11.4 Å². The van der Waals surface area contributed by atoms with Crippen LogP contribution in [0.2, 0.25) is 5.02 Å². The topological polar surface area (TPSA) is 105 Å². The van der Waals surface area contributed by atoms with Crippen LogP contribution in [-0.2, 0) is 16.0 Å². The van der Waals surface area contributed by atoms with Crippen LogP contribution in [0.3, 0.4) is 0 Å². The van der Waals surface area contributed by atoms with Crippen LogP contribution in [0.5, 0.6) is 0 Å². The Morgan fingerprint density at radius 2 is 2.04 bits per heavy atom. The highest BCUT2D eigenvalue weighted by Crippen LogP contribution is 2.19. The van der Waals surface area contributed by atoms with E-state index in [0.717, 1.165) is 18.4 Å². The number of rotatable bonds is 9. The van der Waals surface area contributed by atoms with Gasteiger partial charge >= 0.3 is 5.97 Å². The first kappa shape index (κ1) is 18.9. The number of amides is 1. The number of aliphatic carboxylic acids is 1. The average Bonchev–Trinajstić information content (AvgIpc) is 3.06. The second-order valence-electron chi connectivity index (χ2n) is 5.62. The van der Waals surface area contributed by atoms with Crippen molar-refractivity contribution >= 4 is 23.5 Å². The van der Waals surface area contributed by atoms with Gasteiger partial charge in [0.1, 0.15) is 6.04 Å². The second kappa shape index (κ2) is 9.17. The van der Waals surface area contributed by atoms with Crippen molar-refractivity contribution in [1.29, 1.82) is 0 Å². The highest BCUT2D eigenvalue weighted by molar-refractivity contribution is 6.30. The lowest BCUT2D eigenvalue weighted by atomic mass is 10.1. The number of hydrogen-bond acceptors (Lipinski definition) is 5. The number of unbranched alkanes of at least 4 members (excludes halogenated alkanes) is 1. The third-order valence-electron chi connectivity index (χ3n) is 3.62. The second-order valence-corrected chi connectivity index (χ2v) is 6.06. The Labute approximate surface area is 150 Å². The zero-order valence-electron chi connectivity index (χ0n) is 13.9. The summed E-state index contributed by atoms with van der Waals surface area (Å²) < 4.78 is 5.13. The summed E-state index contributed by atoms with van der Waals surface area (Å²) in [6.07, 6.45) is 2.35. The van der Waals surface area contributed by atoms with Gasteiger partial charge < -0.3 is 14.9 Å². The summed E-state index contributed by atoms with van der Waals surface area (Å²) in [6.45, 7) is 1.97. The molecule has 0 fully saturated rings. The Balaban J connectivity index is 1.87. The third kappa shape index (κ3) is 5.86. The minimum atomic E-state index is -1.02. The van der Waals surface area contributed by atoms with Crippen molar-refractivity contribution in [2.75, 3.05) is 0 Å². The van der Waals surface area contributed by atoms with Crippen molar-refractivity contribution in [1.82, 2.24) is 15.5 Å². The summed E-state index contributed by atoms with van der Waals surface area (Å²) in [5.41, 5.74) is 0.759. The van der Waals surface area contributed by atoms with E-state index in [2.05, 4.69) is 15.5 Å². The molecule has 0 saturated carbocycles. The molecule has 0 aliphatic carbocycles. The molecule has 7 nitrogen and oxygen atoms in total. The van der Waals surface area contributed by atoms with E-state index in [0.29, 0.717) is 23.2 Å². The van der Waals surface area contributed by atoms with Gasteiger partial charge in [0, 0.05) is 23.4 Å². The number of carboxylic acids is 1. The Bertz CT molecular complexity index is 715. The first-order valence-electron chi connectivity index (χ1n) is 8.10. The van der Waals surface area contributed by atoms with Gasteiger partial charge in [0.15, 0.2) is 0 Å². The fourth-order valence-electron chi connectivity index (χ4n) is 2.23. The van der Waals surface area contributed by atoms with Gasteiger partial charge in [0.2, 0.25) is 17.6 Å². The van der Waals surface area contributed by atoms with Gasteiger partial charge in [-0.15, -0.1) is 0 Å². The molecule has 25 heavy (non-hydrogen) atoms. The van der Waals surface area contributed by atoms with Crippen LogP contribution in [0.1, 0.15) is 38.5 Å². The quantitative estimate of drug-likeness (QED) is 0.707. The van der Waals surface area contributed by atoms with Gasteiger partial charge in [0.25, 0.3) is 0 Å². The van der Waals surface area contributed by atoms with Gasteiger partial charge in [-0.05, 0) is 30.7 Å². The number of nitrogens with one attached hydrogen (secondary N) is 1. The van der Waals surface area contributed by atoms with Crippen LogP contribution in [0.15, 0.2) is 28.8 Å². The zero-order valence-corrected chi connectivity index (χ0v) is 14.6. The van der Waals surface area contributed by atoms with Gasteiger partial charge in [-0.1, -0.05) is 36.5 Å². The lowest BCUT2D eigenvalue weighted by molar-refractivity contribution is -0.142. The van der Waals surface area contributed by atoms with Crippen LogP contribution in [0.4, 0.5) is 0 Å². The maximum Gasteiger partial charge on any atom is 0.326 e. The minimum absolute atomic E-state index is 0.0815. The minimum Gasteiger partial charge on any atom is -0.480 e. The smallest absolute Gasteiger partial charge is 0.326 e. The van der Waals surface area contributed by atoms with Crippen molar-refractivity contribution in [3.05, 3.63) is 35.2 Å². The van der Waals surface area contributed by atoms with E-state index in [-0.39, 0.29) is 18.7 Å². The molecular weight excluding hydrogens is 346 g/mol. The molecule has 0 unspecified atom stereocenters. The largest absolute Gasteiger partial charge is 0.480 e. The Morgan fingerprint density at radius 1 is 1.32 bits per heavy atom. The van der Waals surface area contributed by atoms with E-state index < -0.39 is 12.0 Å². The molecule has 2 aromatic rings. The average molecular weight is 366 g/mol. The van der Waals surface area contributed by atoms with E-state index in [9.17, 15) is 9.59 Å². The van der Waals surface area contributed by atoms with Crippen LogP contribution in [0.25, 0.3) is 11.4 Å². The number of halogens is 1. The lowest BCUT2D eigenvalue weighted by Gasteiger charge is -2.13. The van der Waals surface area contributed by atoms with Crippen LogP contribution < -0.4 is 5.32 Å². The van der Waals surface area contributed by atoms with Gasteiger partial charge in [-0.3, -0.25) is 4.79 Å².